The van der Waals surface area contributed by atoms with Gasteiger partial charge in [-0.25, -0.2) is 9.97 Å². The molecule has 1 aliphatic rings. The summed E-state index contributed by atoms with van der Waals surface area (Å²) in [5.74, 6) is 1.04. The summed E-state index contributed by atoms with van der Waals surface area (Å²) in [6.07, 6.45) is 6.00. The monoisotopic (exact) mass is 249 g/mol. The number of carbonyl (C=O) groups excluding carboxylic acids is 1. The van der Waals surface area contributed by atoms with Crippen molar-refractivity contribution in [3.8, 4) is 0 Å². The maximum absolute atomic E-state index is 10.2. The van der Waals surface area contributed by atoms with Crippen LogP contribution in [0.2, 0.25) is 0 Å². The summed E-state index contributed by atoms with van der Waals surface area (Å²) in [7, 11) is 0. The third-order valence-electron chi connectivity index (χ3n) is 3.28. The van der Waals surface area contributed by atoms with Crippen molar-refractivity contribution in [1.82, 2.24) is 9.97 Å². The van der Waals surface area contributed by atoms with Crippen molar-refractivity contribution < 1.29 is 4.79 Å². The fourth-order valence-corrected chi connectivity index (χ4v) is 2.15. The van der Waals surface area contributed by atoms with Crippen molar-refractivity contribution in [2.75, 3.05) is 0 Å². The van der Waals surface area contributed by atoms with Gasteiger partial charge in [0.05, 0.1) is 0 Å². The minimum atomic E-state index is 0.262. The molecule has 18 heavy (non-hydrogen) atoms. The Labute approximate surface area is 109 Å². The lowest BCUT2D eigenvalue weighted by atomic mass is 9.87. The van der Waals surface area contributed by atoms with Gasteiger partial charge < -0.3 is 5.73 Å². The zero-order valence-electron chi connectivity index (χ0n) is 11.5. The maximum Gasteiger partial charge on any atom is 0.193 e. The standard InChI is InChI=1S/C7H8N2O.C7H15N/c1-5-3-6(2)9-7(4-10)8-5;1-6-4-2-3-5-7(6)8/h3-4H,1-2H3;6-7H,2-5,8H2,1H3. The van der Waals surface area contributed by atoms with Crippen LogP contribution in [0, 0.1) is 19.8 Å². The second kappa shape index (κ2) is 7.21. The Morgan fingerprint density at radius 1 is 1.22 bits per heavy atom. The van der Waals surface area contributed by atoms with Crippen LogP contribution in [0.4, 0.5) is 0 Å². The number of aryl methyl sites for hydroxylation is 2. The largest absolute Gasteiger partial charge is 0.327 e. The number of hydrogen-bond acceptors (Lipinski definition) is 4. The Morgan fingerprint density at radius 2 is 1.78 bits per heavy atom. The van der Waals surface area contributed by atoms with E-state index in [-0.39, 0.29) is 5.82 Å². The van der Waals surface area contributed by atoms with Crippen LogP contribution in [-0.2, 0) is 0 Å². The number of carbonyl (C=O) groups is 1. The van der Waals surface area contributed by atoms with Crippen LogP contribution in [-0.4, -0.2) is 22.3 Å². The number of nitrogens with zero attached hydrogens (tertiary/aromatic N) is 2. The molecule has 0 aromatic carbocycles. The Bertz CT molecular complexity index is 362. The molecule has 4 heteroatoms. The molecule has 1 aliphatic carbocycles. The molecule has 0 spiro atoms. The molecule has 4 nitrogen and oxygen atoms in total. The van der Waals surface area contributed by atoms with Gasteiger partial charge in [-0.3, -0.25) is 4.79 Å². The van der Waals surface area contributed by atoms with E-state index in [0.717, 1.165) is 17.3 Å². The second-order valence-corrected chi connectivity index (χ2v) is 5.05. The van der Waals surface area contributed by atoms with Gasteiger partial charge in [0, 0.05) is 17.4 Å². The molecule has 1 aromatic heterocycles. The van der Waals surface area contributed by atoms with Crippen LogP contribution in [0.1, 0.15) is 54.6 Å². The van der Waals surface area contributed by atoms with E-state index < -0.39 is 0 Å². The van der Waals surface area contributed by atoms with Crippen molar-refractivity contribution in [3.63, 3.8) is 0 Å². The van der Waals surface area contributed by atoms with Gasteiger partial charge >= 0.3 is 0 Å². The van der Waals surface area contributed by atoms with E-state index in [0.29, 0.717) is 12.3 Å². The zero-order valence-corrected chi connectivity index (χ0v) is 11.5. The first-order valence-electron chi connectivity index (χ1n) is 6.56. The molecule has 0 saturated heterocycles. The highest BCUT2D eigenvalue weighted by atomic mass is 16.1. The van der Waals surface area contributed by atoms with E-state index in [2.05, 4.69) is 16.9 Å². The molecule has 100 valence electrons. The molecular formula is C14H23N3O. The summed E-state index contributed by atoms with van der Waals surface area (Å²) in [4.78, 5) is 17.9. The summed E-state index contributed by atoms with van der Waals surface area (Å²) in [6, 6.07) is 2.33. The molecule has 0 radical (unpaired) electrons. The van der Waals surface area contributed by atoms with Gasteiger partial charge in [0.25, 0.3) is 0 Å². The van der Waals surface area contributed by atoms with Crippen LogP contribution in [0.15, 0.2) is 6.07 Å². The van der Waals surface area contributed by atoms with Gasteiger partial charge in [0.2, 0.25) is 0 Å². The maximum atomic E-state index is 10.2. The van der Waals surface area contributed by atoms with Gasteiger partial charge in [0.1, 0.15) is 0 Å². The predicted molar refractivity (Wildman–Crippen MR) is 72.5 cm³/mol. The Balaban J connectivity index is 0.000000184. The highest BCUT2D eigenvalue weighted by Crippen LogP contribution is 2.21. The van der Waals surface area contributed by atoms with Crippen LogP contribution in [0.5, 0.6) is 0 Å². The van der Waals surface area contributed by atoms with E-state index in [4.69, 9.17) is 5.73 Å². The van der Waals surface area contributed by atoms with Crippen molar-refractivity contribution in [2.45, 2.75) is 52.5 Å². The lowest BCUT2D eigenvalue weighted by molar-refractivity contribution is 0.111. The van der Waals surface area contributed by atoms with Crippen molar-refractivity contribution in [1.29, 1.82) is 0 Å². The molecule has 1 heterocycles. The van der Waals surface area contributed by atoms with E-state index >= 15 is 0 Å². The van der Waals surface area contributed by atoms with Crippen LogP contribution in [0.3, 0.4) is 0 Å². The van der Waals surface area contributed by atoms with Gasteiger partial charge in [0.15, 0.2) is 12.1 Å². The molecule has 2 unspecified atom stereocenters. The van der Waals surface area contributed by atoms with Crippen LogP contribution >= 0.6 is 0 Å². The number of hydrogen-bond donors (Lipinski definition) is 1. The minimum absolute atomic E-state index is 0.262. The summed E-state index contributed by atoms with van der Waals surface area (Å²) >= 11 is 0. The van der Waals surface area contributed by atoms with E-state index in [9.17, 15) is 4.79 Å². The first kappa shape index (κ1) is 14.8. The fourth-order valence-electron chi connectivity index (χ4n) is 2.15. The average Bonchev–Trinajstić information content (AvgIpc) is 2.32. The molecule has 0 bridgehead atoms. The van der Waals surface area contributed by atoms with Gasteiger partial charge in [-0.2, -0.15) is 0 Å². The Hall–Kier alpha value is -1.29. The van der Waals surface area contributed by atoms with Crippen LogP contribution in [0.25, 0.3) is 0 Å². The second-order valence-electron chi connectivity index (χ2n) is 5.05. The molecule has 1 aromatic rings. The molecule has 1 saturated carbocycles. The van der Waals surface area contributed by atoms with Crippen molar-refractivity contribution in [3.05, 3.63) is 23.3 Å². The third-order valence-corrected chi connectivity index (χ3v) is 3.28. The summed E-state index contributed by atoms with van der Waals surface area (Å²) in [6.45, 7) is 5.92. The van der Waals surface area contributed by atoms with Crippen molar-refractivity contribution >= 4 is 6.29 Å². The number of nitrogens with two attached hydrogens (primary N) is 1. The van der Waals surface area contributed by atoms with Gasteiger partial charge in [-0.15, -0.1) is 0 Å². The first-order chi connectivity index (χ1) is 8.52. The average molecular weight is 249 g/mol. The SMILES string of the molecule is CC1CCCCC1N.Cc1cc(C)nc(C=O)n1. The fraction of sp³-hybridized carbons (Fsp3) is 0.643. The molecule has 1 fully saturated rings. The highest BCUT2D eigenvalue weighted by Gasteiger charge is 2.15. The zero-order chi connectivity index (χ0) is 13.5. The predicted octanol–water partition coefficient (Wildman–Crippen LogP) is 2.43. The molecule has 2 rings (SSSR count). The van der Waals surface area contributed by atoms with Gasteiger partial charge in [-0.05, 0) is 38.7 Å². The number of aldehydes is 1. The molecule has 0 amide bonds. The summed E-state index contributed by atoms with van der Waals surface area (Å²) in [5, 5.41) is 0. The van der Waals surface area contributed by atoms with Crippen molar-refractivity contribution in [2.24, 2.45) is 11.7 Å². The summed E-state index contributed by atoms with van der Waals surface area (Å²) in [5.41, 5.74) is 7.43. The first-order valence-corrected chi connectivity index (χ1v) is 6.56. The molecule has 2 atom stereocenters. The lowest BCUT2D eigenvalue weighted by Gasteiger charge is -2.24. The van der Waals surface area contributed by atoms with E-state index in [1.165, 1.54) is 25.7 Å². The highest BCUT2D eigenvalue weighted by molar-refractivity contribution is 5.68. The quantitative estimate of drug-likeness (QED) is 0.776. The van der Waals surface area contributed by atoms with E-state index in [1.807, 2.05) is 19.9 Å². The smallest absolute Gasteiger partial charge is 0.193 e. The molecule has 2 N–H and O–H groups in total. The van der Waals surface area contributed by atoms with Crippen LogP contribution < -0.4 is 5.73 Å². The Morgan fingerprint density at radius 3 is 2.17 bits per heavy atom. The Kier molecular flexibility index (Phi) is 5.92. The minimum Gasteiger partial charge on any atom is -0.327 e. The van der Waals surface area contributed by atoms with E-state index in [1.54, 1.807) is 0 Å². The lowest BCUT2D eigenvalue weighted by Crippen LogP contribution is -2.30. The summed E-state index contributed by atoms with van der Waals surface area (Å²) < 4.78 is 0. The third kappa shape index (κ3) is 4.92. The molecular weight excluding hydrogens is 226 g/mol. The van der Waals surface area contributed by atoms with Gasteiger partial charge in [-0.1, -0.05) is 19.8 Å². The topological polar surface area (TPSA) is 68.9 Å². The number of rotatable bonds is 1. The normalized spacial score (nSPS) is 22.9. The number of aromatic nitrogens is 2. The molecule has 0 aliphatic heterocycles.